The number of aromatic nitrogens is 1. The smallest absolute Gasteiger partial charge is 0.257 e. The van der Waals surface area contributed by atoms with Gasteiger partial charge in [0.05, 0.1) is 0 Å². The second-order valence-corrected chi connectivity index (χ2v) is 3.21. The van der Waals surface area contributed by atoms with Gasteiger partial charge in [-0.15, -0.1) is 0 Å². The summed E-state index contributed by atoms with van der Waals surface area (Å²) in [5.41, 5.74) is 1.67. The first-order valence-electron chi connectivity index (χ1n) is 4.77. The first-order chi connectivity index (χ1) is 7.31. The van der Waals surface area contributed by atoms with Crippen LogP contribution in [0.2, 0.25) is 0 Å². The van der Waals surface area contributed by atoms with Crippen LogP contribution in [0.15, 0.2) is 53.5 Å². The second-order valence-electron chi connectivity index (χ2n) is 3.21. The molecule has 0 aliphatic rings. The lowest BCUT2D eigenvalue weighted by Gasteiger charge is -2.06. The molecule has 0 fully saturated rings. The summed E-state index contributed by atoms with van der Waals surface area (Å²) in [5.74, 6) is 0. The van der Waals surface area contributed by atoms with Crippen LogP contribution in [0, 0.1) is 0 Å². The van der Waals surface area contributed by atoms with E-state index >= 15 is 0 Å². The normalized spacial score (nSPS) is 9.93. The summed E-state index contributed by atoms with van der Waals surface area (Å²) in [7, 11) is 1.79. The molecule has 0 unspecified atom stereocenters. The third-order valence-electron chi connectivity index (χ3n) is 2.24. The Kier molecular flexibility index (Phi) is 2.54. The van der Waals surface area contributed by atoms with E-state index in [2.05, 4.69) is 5.32 Å². The van der Waals surface area contributed by atoms with Gasteiger partial charge in [0, 0.05) is 30.7 Å². The minimum atomic E-state index is -0.0342. The van der Waals surface area contributed by atoms with Crippen LogP contribution >= 0.6 is 0 Å². The maximum atomic E-state index is 11.7. The summed E-state index contributed by atoms with van der Waals surface area (Å²) >= 11 is 0. The number of nitrogens with one attached hydrogen (secondary N) is 1. The lowest BCUT2D eigenvalue weighted by molar-refractivity contribution is 0.991. The van der Waals surface area contributed by atoms with Crippen molar-refractivity contribution in [2.45, 2.75) is 0 Å². The van der Waals surface area contributed by atoms with Gasteiger partial charge < -0.3 is 5.32 Å². The Morgan fingerprint density at radius 1 is 1.13 bits per heavy atom. The zero-order valence-electron chi connectivity index (χ0n) is 8.47. The van der Waals surface area contributed by atoms with Crippen molar-refractivity contribution in [2.75, 3.05) is 12.4 Å². The zero-order chi connectivity index (χ0) is 10.7. The van der Waals surface area contributed by atoms with E-state index in [-0.39, 0.29) is 5.56 Å². The van der Waals surface area contributed by atoms with Gasteiger partial charge in [0.1, 0.15) is 0 Å². The van der Waals surface area contributed by atoms with E-state index in [0.29, 0.717) is 0 Å². The fraction of sp³-hybridized carbons (Fsp3) is 0.0833. The minimum Gasteiger partial charge on any atom is -0.388 e. The Morgan fingerprint density at radius 3 is 2.47 bits per heavy atom. The number of hydrogen-bond donors (Lipinski definition) is 1. The van der Waals surface area contributed by atoms with Crippen LogP contribution < -0.4 is 10.9 Å². The topological polar surface area (TPSA) is 34.0 Å². The summed E-state index contributed by atoms with van der Waals surface area (Å²) in [6, 6.07) is 13.0. The Balaban J connectivity index is 2.51. The first kappa shape index (κ1) is 9.52. The maximum absolute atomic E-state index is 11.7. The van der Waals surface area contributed by atoms with Gasteiger partial charge in [0.2, 0.25) is 0 Å². The number of rotatable bonds is 2. The highest BCUT2D eigenvalue weighted by molar-refractivity contribution is 5.42. The van der Waals surface area contributed by atoms with E-state index in [1.54, 1.807) is 23.9 Å². The molecular formula is C12H12N2O. The molecule has 0 spiro atoms. The molecular weight excluding hydrogens is 188 g/mol. The monoisotopic (exact) mass is 200 g/mol. The summed E-state index contributed by atoms with van der Waals surface area (Å²) in [6.07, 6.45) is 1.77. The molecule has 0 bridgehead atoms. The Bertz CT molecular complexity index is 503. The van der Waals surface area contributed by atoms with Crippen molar-refractivity contribution >= 4 is 5.69 Å². The van der Waals surface area contributed by atoms with Crippen molar-refractivity contribution in [2.24, 2.45) is 0 Å². The highest BCUT2D eigenvalue weighted by atomic mass is 16.1. The van der Waals surface area contributed by atoms with E-state index in [4.69, 9.17) is 0 Å². The van der Waals surface area contributed by atoms with Crippen molar-refractivity contribution in [3.8, 4) is 5.69 Å². The molecule has 0 radical (unpaired) electrons. The molecule has 76 valence electrons. The maximum Gasteiger partial charge on any atom is 0.257 e. The molecule has 1 heterocycles. The van der Waals surface area contributed by atoms with Crippen molar-refractivity contribution in [3.05, 3.63) is 59.0 Å². The van der Waals surface area contributed by atoms with Crippen LogP contribution in [0.3, 0.4) is 0 Å². The number of benzene rings is 1. The standard InChI is InChI=1S/C12H12N2O/c1-13-10-7-8-14(12(15)9-10)11-5-3-2-4-6-11/h2-9,13H,1H3. The van der Waals surface area contributed by atoms with Gasteiger partial charge in [0.15, 0.2) is 0 Å². The molecule has 1 N–H and O–H groups in total. The van der Waals surface area contributed by atoms with Crippen molar-refractivity contribution < 1.29 is 0 Å². The van der Waals surface area contributed by atoms with Gasteiger partial charge >= 0.3 is 0 Å². The Morgan fingerprint density at radius 2 is 1.87 bits per heavy atom. The average molecular weight is 200 g/mol. The molecule has 0 amide bonds. The van der Waals surface area contributed by atoms with Crippen LogP contribution in [0.1, 0.15) is 0 Å². The largest absolute Gasteiger partial charge is 0.388 e. The van der Waals surface area contributed by atoms with Crippen molar-refractivity contribution in [1.29, 1.82) is 0 Å². The summed E-state index contributed by atoms with van der Waals surface area (Å²) in [4.78, 5) is 11.7. The number of nitrogens with zero attached hydrogens (tertiary/aromatic N) is 1. The van der Waals surface area contributed by atoms with Crippen LogP contribution in [-0.2, 0) is 0 Å². The zero-order valence-corrected chi connectivity index (χ0v) is 8.47. The van der Waals surface area contributed by atoms with Gasteiger partial charge in [-0.2, -0.15) is 0 Å². The van der Waals surface area contributed by atoms with Crippen molar-refractivity contribution in [3.63, 3.8) is 0 Å². The minimum absolute atomic E-state index is 0.0342. The molecule has 0 aliphatic heterocycles. The molecule has 1 aromatic carbocycles. The molecule has 0 saturated heterocycles. The van der Waals surface area contributed by atoms with Crippen LogP contribution in [-0.4, -0.2) is 11.6 Å². The molecule has 1 aromatic heterocycles. The Hall–Kier alpha value is -2.03. The second kappa shape index (κ2) is 4.00. The highest BCUT2D eigenvalue weighted by Crippen LogP contribution is 2.06. The molecule has 0 saturated carbocycles. The highest BCUT2D eigenvalue weighted by Gasteiger charge is 1.98. The van der Waals surface area contributed by atoms with Gasteiger partial charge in [-0.3, -0.25) is 9.36 Å². The molecule has 15 heavy (non-hydrogen) atoms. The number of para-hydroxylation sites is 1. The van der Waals surface area contributed by atoms with Crippen LogP contribution in [0.5, 0.6) is 0 Å². The third-order valence-corrected chi connectivity index (χ3v) is 2.24. The first-order valence-corrected chi connectivity index (χ1v) is 4.77. The van der Waals surface area contributed by atoms with Gasteiger partial charge in [-0.25, -0.2) is 0 Å². The Labute approximate surface area is 88.0 Å². The van der Waals surface area contributed by atoms with E-state index in [9.17, 15) is 4.79 Å². The fourth-order valence-electron chi connectivity index (χ4n) is 1.44. The van der Waals surface area contributed by atoms with Crippen LogP contribution in [0.4, 0.5) is 5.69 Å². The quantitative estimate of drug-likeness (QED) is 0.803. The molecule has 3 nitrogen and oxygen atoms in total. The predicted octanol–water partition coefficient (Wildman–Crippen LogP) is 1.88. The molecule has 0 aliphatic carbocycles. The van der Waals surface area contributed by atoms with E-state index in [1.807, 2.05) is 36.4 Å². The number of hydrogen-bond acceptors (Lipinski definition) is 2. The third kappa shape index (κ3) is 1.91. The molecule has 3 heteroatoms. The van der Waals surface area contributed by atoms with E-state index in [0.717, 1.165) is 11.4 Å². The van der Waals surface area contributed by atoms with Gasteiger partial charge in [-0.05, 0) is 18.2 Å². The van der Waals surface area contributed by atoms with E-state index in [1.165, 1.54) is 0 Å². The molecule has 2 rings (SSSR count). The van der Waals surface area contributed by atoms with Gasteiger partial charge in [0.25, 0.3) is 5.56 Å². The van der Waals surface area contributed by atoms with E-state index < -0.39 is 0 Å². The average Bonchev–Trinajstić information content (AvgIpc) is 2.30. The lowest BCUT2D eigenvalue weighted by Crippen LogP contribution is -2.16. The lowest BCUT2D eigenvalue weighted by atomic mass is 10.3. The predicted molar refractivity (Wildman–Crippen MR) is 61.6 cm³/mol. The SMILES string of the molecule is CNc1ccn(-c2ccccc2)c(=O)c1. The summed E-state index contributed by atoms with van der Waals surface area (Å²) < 4.78 is 1.61. The fourth-order valence-corrected chi connectivity index (χ4v) is 1.44. The van der Waals surface area contributed by atoms with Crippen molar-refractivity contribution in [1.82, 2.24) is 4.57 Å². The molecule has 0 atom stereocenters. The number of pyridine rings is 1. The van der Waals surface area contributed by atoms with Gasteiger partial charge in [-0.1, -0.05) is 18.2 Å². The summed E-state index contributed by atoms with van der Waals surface area (Å²) in [6.45, 7) is 0. The summed E-state index contributed by atoms with van der Waals surface area (Å²) in [5, 5.41) is 2.93. The number of anilines is 1. The molecule has 2 aromatic rings. The van der Waals surface area contributed by atoms with Crippen LogP contribution in [0.25, 0.3) is 5.69 Å².